The first-order chi connectivity index (χ1) is 24.1. The van der Waals surface area contributed by atoms with Crippen LogP contribution in [0.25, 0.3) is 53.8 Å². The van der Waals surface area contributed by atoms with E-state index in [0.29, 0.717) is 0 Å². The lowest BCUT2D eigenvalue weighted by Crippen LogP contribution is -2.31. The minimum atomic E-state index is -2.13. The summed E-state index contributed by atoms with van der Waals surface area (Å²) in [4.78, 5) is 19.6. The molecule has 17 heteroatoms. The highest BCUT2D eigenvalue weighted by Crippen LogP contribution is 2.35. The van der Waals surface area contributed by atoms with E-state index >= 15 is 0 Å². The summed E-state index contributed by atoms with van der Waals surface area (Å²) in [5.41, 5.74) is -3.75. The standard InChI is InChI=1S/C33H3F4N13/c34-27-25(17(7-41)8-42)28(35)30(37)26(29(27)36)18(9-43)12-46-47-13-24-16(6-40)2-19-20-1-14(4-38)22(10-44)48-32(20)33-21(31(19)50-24)3-15(5-39)23(11-45)49-33/h1-3H/q+2. The van der Waals surface area contributed by atoms with E-state index in [0.717, 1.165) is 12.1 Å². The second-order valence-electron chi connectivity index (χ2n) is 9.42. The van der Waals surface area contributed by atoms with Crippen molar-refractivity contribution in [1.82, 2.24) is 15.0 Å². The van der Waals surface area contributed by atoms with Crippen molar-refractivity contribution in [2.45, 2.75) is 0 Å². The van der Waals surface area contributed by atoms with E-state index in [1.54, 1.807) is 18.2 Å². The maximum atomic E-state index is 14.8. The van der Waals surface area contributed by atoms with Gasteiger partial charge in [-0.2, -0.15) is 42.1 Å². The number of rotatable bonds is 0. The number of halogens is 4. The van der Waals surface area contributed by atoms with E-state index in [-0.39, 0.29) is 66.5 Å². The fourth-order valence-corrected chi connectivity index (χ4v) is 4.70. The Bertz CT molecular complexity index is 2990. The summed E-state index contributed by atoms with van der Waals surface area (Å²) in [7, 11) is 0. The number of pyridine rings is 3. The fourth-order valence-electron chi connectivity index (χ4n) is 4.70. The van der Waals surface area contributed by atoms with Gasteiger partial charge in [0, 0.05) is 16.2 Å². The van der Waals surface area contributed by atoms with Crippen LogP contribution in [0.3, 0.4) is 0 Å². The van der Waals surface area contributed by atoms with E-state index in [1.807, 2.05) is 18.2 Å². The van der Waals surface area contributed by atoms with Gasteiger partial charge in [-0.1, -0.05) is 0 Å². The topological polar surface area (TPSA) is 238 Å². The van der Waals surface area contributed by atoms with Crippen LogP contribution in [0, 0.1) is 126 Å². The molecule has 0 aliphatic rings. The summed E-state index contributed by atoms with van der Waals surface area (Å²) >= 11 is 0. The van der Waals surface area contributed by atoms with Crippen molar-refractivity contribution in [2.75, 3.05) is 0 Å². The molecular formula is C33H3F4N13+2. The molecule has 0 bridgehead atoms. The van der Waals surface area contributed by atoms with Crippen molar-refractivity contribution in [1.29, 1.82) is 42.1 Å². The summed E-state index contributed by atoms with van der Waals surface area (Å²) in [5.74, 6) is -8.51. The van der Waals surface area contributed by atoms with Crippen molar-refractivity contribution in [3.8, 4) is 60.7 Å². The van der Waals surface area contributed by atoms with E-state index in [9.17, 15) is 49.1 Å². The fraction of sp³-hybridized carbons (Fsp3) is 0. The number of nitriles is 8. The molecule has 0 spiro atoms. The van der Waals surface area contributed by atoms with Gasteiger partial charge in [0.25, 0.3) is 0 Å². The van der Waals surface area contributed by atoms with E-state index in [1.165, 1.54) is 24.3 Å². The summed E-state index contributed by atoms with van der Waals surface area (Å²) in [5, 5.41) is 72.7. The van der Waals surface area contributed by atoms with E-state index in [2.05, 4.69) is 30.9 Å². The van der Waals surface area contributed by atoms with Gasteiger partial charge in [-0.3, -0.25) is 0 Å². The largest absolute Gasteiger partial charge is 0.450 e. The van der Waals surface area contributed by atoms with Crippen LogP contribution < -0.4 is 10.4 Å². The average Bonchev–Trinajstić information content (AvgIpc) is 3.14. The second kappa shape index (κ2) is 12.8. The van der Waals surface area contributed by atoms with Crippen LogP contribution in [0.2, 0.25) is 0 Å². The maximum Gasteiger partial charge on any atom is 0.450 e. The van der Waals surface area contributed by atoms with Crippen LogP contribution in [0.5, 0.6) is 0 Å². The van der Waals surface area contributed by atoms with Crippen molar-refractivity contribution >= 4 is 43.9 Å². The lowest BCUT2D eigenvalue weighted by molar-refractivity contribution is 0.434. The highest BCUT2D eigenvalue weighted by molar-refractivity contribution is 6.22. The normalized spacial score (nSPS) is 9.52. The van der Waals surface area contributed by atoms with Gasteiger partial charge in [0.1, 0.15) is 59.6 Å². The average molecular weight is 657 g/mol. The number of hydrogen-bond acceptors (Lipinski definition) is 11. The van der Waals surface area contributed by atoms with Gasteiger partial charge in [0.05, 0.1) is 38.2 Å². The van der Waals surface area contributed by atoms with Crippen LogP contribution in [0.15, 0.2) is 18.2 Å². The quantitative estimate of drug-likeness (QED) is 0.101. The van der Waals surface area contributed by atoms with Crippen LogP contribution in [-0.4, -0.2) is 15.0 Å². The molecule has 5 aromatic rings. The molecule has 0 radical (unpaired) electrons. The summed E-state index contributed by atoms with van der Waals surface area (Å²) in [6.45, 7) is 0. The summed E-state index contributed by atoms with van der Waals surface area (Å²) < 4.78 is 58.7. The van der Waals surface area contributed by atoms with E-state index < -0.39 is 44.9 Å². The molecule has 0 saturated carbocycles. The minimum absolute atomic E-state index is 0.00699. The second-order valence-corrected chi connectivity index (χ2v) is 9.42. The molecule has 3 heterocycles. The van der Waals surface area contributed by atoms with Gasteiger partial charge in [0.2, 0.25) is 11.3 Å². The Balaban J connectivity index is 1.82. The molecule has 0 atom stereocenters. The number of fused-ring (bicyclic) bond motifs is 6. The number of aromatic nitrogens is 3. The van der Waals surface area contributed by atoms with Crippen molar-refractivity contribution in [2.24, 2.45) is 0 Å². The molecule has 2 aromatic carbocycles. The third kappa shape index (κ3) is 5.02. The Hall–Kier alpha value is -8.97. The highest BCUT2D eigenvalue weighted by Gasteiger charge is 2.25. The van der Waals surface area contributed by atoms with Crippen LogP contribution >= 0.6 is 0 Å². The summed E-state index contributed by atoms with van der Waals surface area (Å²) in [6, 6.07) is 20.5. The lowest BCUT2D eigenvalue weighted by atomic mass is 9.98. The molecule has 3 aromatic heterocycles. The predicted octanol–water partition coefficient (Wildman–Crippen LogP) is 3.75. The lowest BCUT2D eigenvalue weighted by Gasteiger charge is -2.10. The molecule has 0 aliphatic carbocycles. The highest BCUT2D eigenvalue weighted by atomic mass is 19.2. The molecule has 0 N–H and O–H groups in total. The first kappa shape index (κ1) is 32.4. The minimum Gasteiger partial charge on any atom is -0.233 e. The molecule has 0 unspecified atom stereocenters. The maximum absolute atomic E-state index is 14.8. The van der Waals surface area contributed by atoms with E-state index in [4.69, 9.17) is 10.5 Å². The zero-order valence-corrected chi connectivity index (χ0v) is 24.1. The number of hydrogen-bond donors (Lipinski definition) is 0. The van der Waals surface area contributed by atoms with Crippen molar-refractivity contribution in [3.63, 3.8) is 0 Å². The SMILES string of the molecule is N#CC(C#N)=c1c(F)c(F)c(=C(C#N)C#[N+][N+]#Cc2nc3c(cc2C#N)c2cc(C#N)c(C#N)nc2c2nc(C#N)c(C#N)cc32)c(F)c1F. The van der Waals surface area contributed by atoms with Gasteiger partial charge in [-0.25, -0.2) is 32.5 Å². The molecule has 0 fully saturated rings. The Morgan fingerprint density at radius 2 is 0.880 bits per heavy atom. The third-order valence-electron chi connectivity index (χ3n) is 6.88. The first-order valence-corrected chi connectivity index (χ1v) is 13.0. The number of benzene rings is 2. The molecule has 13 nitrogen and oxygen atoms in total. The third-order valence-corrected chi connectivity index (χ3v) is 6.88. The van der Waals surface area contributed by atoms with Crippen LogP contribution in [-0.2, 0) is 0 Å². The van der Waals surface area contributed by atoms with Crippen molar-refractivity contribution < 1.29 is 17.6 Å². The molecule has 0 saturated heterocycles. The zero-order valence-electron chi connectivity index (χ0n) is 24.1. The number of nitrogens with zero attached hydrogens (tertiary/aromatic N) is 13. The smallest absolute Gasteiger partial charge is 0.233 e. The van der Waals surface area contributed by atoms with Gasteiger partial charge in [-0.05, 0) is 18.2 Å². The molecule has 0 aliphatic heterocycles. The van der Waals surface area contributed by atoms with Gasteiger partial charge in [0.15, 0.2) is 34.7 Å². The molecule has 50 heavy (non-hydrogen) atoms. The van der Waals surface area contributed by atoms with Crippen LogP contribution in [0.1, 0.15) is 33.8 Å². The Labute approximate surface area is 274 Å². The summed E-state index contributed by atoms with van der Waals surface area (Å²) in [6.07, 6.45) is 0. The monoisotopic (exact) mass is 657 g/mol. The van der Waals surface area contributed by atoms with Gasteiger partial charge in [-0.15, -0.1) is 0 Å². The molecule has 0 amide bonds. The van der Waals surface area contributed by atoms with Crippen molar-refractivity contribution in [3.05, 3.63) is 95.6 Å². The molecule has 226 valence electrons. The Morgan fingerprint density at radius 3 is 1.34 bits per heavy atom. The zero-order chi connectivity index (χ0) is 36.3. The van der Waals surface area contributed by atoms with Crippen LogP contribution in [0.4, 0.5) is 17.6 Å². The Morgan fingerprint density at radius 1 is 0.480 bits per heavy atom. The molecule has 5 rings (SSSR count). The predicted molar refractivity (Wildman–Crippen MR) is 159 cm³/mol. The first-order valence-electron chi connectivity index (χ1n) is 13.0. The Kier molecular flexibility index (Phi) is 8.30. The van der Waals surface area contributed by atoms with Gasteiger partial charge >= 0.3 is 22.0 Å². The van der Waals surface area contributed by atoms with Gasteiger partial charge < -0.3 is 0 Å². The molecular weight excluding hydrogens is 654 g/mol.